The predicted octanol–water partition coefficient (Wildman–Crippen LogP) is 3.83. The molecule has 0 aromatic carbocycles. The van der Waals surface area contributed by atoms with Crippen molar-refractivity contribution in [2.24, 2.45) is 34.5 Å². The number of nitrogens with zero attached hydrogens (tertiary/aromatic N) is 2. The molecule has 0 bridgehead atoms. The smallest absolute Gasteiger partial charge is 0.249 e. The summed E-state index contributed by atoms with van der Waals surface area (Å²) >= 11 is 0. The van der Waals surface area contributed by atoms with E-state index in [1.807, 2.05) is 18.2 Å². The fourth-order valence-corrected chi connectivity index (χ4v) is 8.32. The van der Waals surface area contributed by atoms with E-state index in [1.54, 1.807) is 6.20 Å². The highest BCUT2D eigenvalue weighted by atomic mass is 19.1. The summed E-state index contributed by atoms with van der Waals surface area (Å²) in [4.78, 5) is 37.7. The Morgan fingerprint density at radius 3 is 2.86 bits per heavy atom. The van der Waals surface area contributed by atoms with Crippen molar-refractivity contribution < 1.29 is 14.0 Å². The summed E-state index contributed by atoms with van der Waals surface area (Å²) in [6, 6.07) is 3.84. The molecule has 35 heavy (non-hydrogen) atoms. The molecular formula is C27H34FN5O2. The second kappa shape index (κ2) is 8.14. The van der Waals surface area contributed by atoms with Gasteiger partial charge in [0, 0.05) is 29.1 Å². The predicted molar refractivity (Wildman–Crippen MR) is 130 cm³/mol. The Bertz CT molecular complexity index is 1180. The Morgan fingerprint density at radius 1 is 1.20 bits per heavy atom. The van der Waals surface area contributed by atoms with Crippen molar-refractivity contribution >= 4 is 23.0 Å². The van der Waals surface area contributed by atoms with Crippen LogP contribution in [0.5, 0.6) is 0 Å². The Kier molecular flexibility index (Phi) is 5.27. The zero-order chi connectivity index (χ0) is 24.4. The Labute approximate surface area is 204 Å². The third kappa shape index (κ3) is 3.43. The number of hydrogen-bond acceptors (Lipinski definition) is 4. The molecule has 186 valence electrons. The van der Waals surface area contributed by atoms with E-state index in [2.05, 4.69) is 39.4 Å². The summed E-state index contributed by atoms with van der Waals surface area (Å²) < 4.78 is 13.6. The van der Waals surface area contributed by atoms with Gasteiger partial charge in [-0.2, -0.15) is 0 Å². The number of H-pyrrole nitrogens is 1. The van der Waals surface area contributed by atoms with E-state index < -0.39 is 6.67 Å². The van der Waals surface area contributed by atoms with Crippen LogP contribution >= 0.6 is 0 Å². The van der Waals surface area contributed by atoms with Crippen LogP contribution in [0.4, 0.5) is 4.39 Å². The number of alkyl halides is 1. The summed E-state index contributed by atoms with van der Waals surface area (Å²) in [6.45, 7) is 4.19. The molecule has 3 saturated carbocycles. The number of carbonyl (C=O) groups excluding carboxylic acids is 2. The van der Waals surface area contributed by atoms with Crippen molar-refractivity contribution in [1.29, 1.82) is 0 Å². The van der Waals surface area contributed by atoms with Crippen molar-refractivity contribution in [1.82, 2.24) is 25.6 Å². The van der Waals surface area contributed by atoms with Gasteiger partial charge in [-0.3, -0.25) is 9.59 Å². The van der Waals surface area contributed by atoms with E-state index in [0.29, 0.717) is 24.3 Å². The van der Waals surface area contributed by atoms with Crippen molar-refractivity contribution in [3.05, 3.63) is 35.8 Å². The Hall–Kier alpha value is -2.77. The highest BCUT2D eigenvalue weighted by molar-refractivity contribution is 5.95. The normalized spacial score (nSPS) is 38.2. The van der Waals surface area contributed by atoms with Gasteiger partial charge in [0.1, 0.15) is 18.0 Å². The monoisotopic (exact) mass is 479 g/mol. The van der Waals surface area contributed by atoms with Crippen LogP contribution in [0.15, 0.2) is 30.0 Å². The molecule has 0 radical (unpaired) electrons. The molecule has 7 atom stereocenters. The number of aromatic nitrogens is 3. The largest absolute Gasteiger partial charge is 0.349 e. The van der Waals surface area contributed by atoms with E-state index in [4.69, 9.17) is 0 Å². The van der Waals surface area contributed by atoms with Gasteiger partial charge >= 0.3 is 0 Å². The zero-order valence-corrected chi connectivity index (χ0v) is 20.4. The first-order chi connectivity index (χ1) is 16.8. The minimum atomic E-state index is -0.712. The van der Waals surface area contributed by atoms with Crippen molar-refractivity contribution in [3.8, 4) is 0 Å². The van der Waals surface area contributed by atoms with Gasteiger partial charge in [0.15, 0.2) is 5.65 Å². The minimum absolute atomic E-state index is 0.00973. The molecule has 2 aromatic rings. The van der Waals surface area contributed by atoms with E-state index >= 15 is 0 Å². The van der Waals surface area contributed by atoms with Crippen LogP contribution in [0.3, 0.4) is 0 Å². The minimum Gasteiger partial charge on any atom is -0.349 e. The summed E-state index contributed by atoms with van der Waals surface area (Å²) in [5, 5.41) is 6.25. The van der Waals surface area contributed by atoms with Gasteiger partial charge in [-0.15, -0.1) is 0 Å². The first-order valence-corrected chi connectivity index (χ1v) is 13.0. The van der Waals surface area contributed by atoms with Gasteiger partial charge < -0.3 is 15.6 Å². The van der Waals surface area contributed by atoms with Crippen molar-refractivity contribution in [2.45, 2.75) is 65.0 Å². The van der Waals surface area contributed by atoms with Gasteiger partial charge in [-0.05, 0) is 73.8 Å². The van der Waals surface area contributed by atoms with E-state index in [1.165, 1.54) is 0 Å². The van der Waals surface area contributed by atoms with Gasteiger partial charge in [0.25, 0.3) is 0 Å². The maximum Gasteiger partial charge on any atom is 0.249 e. The average molecular weight is 480 g/mol. The lowest BCUT2D eigenvalue weighted by molar-refractivity contribution is -0.134. The van der Waals surface area contributed by atoms with Gasteiger partial charge in [-0.1, -0.05) is 19.9 Å². The number of amides is 2. The first kappa shape index (κ1) is 22.7. The SMILES string of the molecule is C[C@]12C=C(CF)C(=O)N[C@@H]1CC[C@@H]1[C@@H]2CC[C@]2(C)[C@@H](C(=O)NCc3nc4cccnc4[nH]3)CC[C@@H]12. The molecule has 3 N–H and O–H groups in total. The van der Waals surface area contributed by atoms with Crippen LogP contribution in [0.25, 0.3) is 11.2 Å². The molecule has 7 nitrogen and oxygen atoms in total. The average Bonchev–Trinajstić information content (AvgIpc) is 3.43. The fourth-order valence-electron chi connectivity index (χ4n) is 8.32. The third-order valence-corrected chi connectivity index (χ3v) is 10.1. The number of hydrogen-bond donors (Lipinski definition) is 3. The van der Waals surface area contributed by atoms with Crippen LogP contribution < -0.4 is 10.6 Å². The molecule has 2 amide bonds. The maximum atomic E-state index is 13.6. The number of nitrogens with one attached hydrogen (secondary N) is 3. The number of carbonyl (C=O) groups is 2. The second-order valence-electron chi connectivity index (χ2n) is 11.6. The van der Waals surface area contributed by atoms with Crippen LogP contribution in [0.1, 0.15) is 58.2 Å². The molecule has 2 aromatic heterocycles. The summed E-state index contributed by atoms with van der Waals surface area (Å²) in [6.07, 6.45) is 9.61. The topological polar surface area (TPSA) is 99.8 Å². The molecule has 1 aliphatic heterocycles. The van der Waals surface area contributed by atoms with E-state index in [9.17, 15) is 14.0 Å². The van der Waals surface area contributed by atoms with Crippen LogP contribution in [0.2, 0.25) is 0 Å². The van der Waals surface area contributed by atoms with Gasteiger partial charge in [0.05, 0.1) is 6.54 Å². The molecule has 4 aliphatic rings. The molecule has 8 heteroatoms. The maximum absolute atomic E-state index is 13.6. The fraction of sp³-hybridized carbons (Fsp3) is 0.630. The van der Waals surface area contributed by atoms with E-state index in [-0.39, 0.29) is 40.2 Å². The highest BCUT2D eigenvalue weighted by Crippen LogP contribution is 2.65. The van der Waals surface area contributed by atoms with Crippen LogP contribution in [-0.4, -0.2) is 39.5 Å². The number of rotatable bonds is 4. The lowest BCUT2D eigenvalue weighted by atomic mass is 9.47. The molecule has 0 saturated heterocycles. The standard InChI is InChI=1S/C27H34FN5O2/c1-26-10-9-18-16(5-8-21-27(18,2)12-15(13-28)24(34)32-21)17(26)6-7-19(26)25(35)30-14-22-31-20-4-3-11-29-23(20)33-22/h3-4,11-12,16-19,21H,5-10,13-14H2,1-2H3,(H,30,35)(H,32,34)(H,29,31,33)/t16-,17-,18-,19+,21+,26-,27+/m0/s1. The first-order valence-electron chi connectivity index (χ1n) is 13.0. The Balaban J connectivity index is 1.18. The highest BCUT2D eigenvalue weighted by Gasteiger charge is 2.61. The summed E-state index contributed by atoms with van der Waals surface area (Å²) in [5.41, 5.74) is 1.57. The van der Waals surface area contributed by atoms with E-state index in [0.717, 1.165) is 55.5 Å². The molecule has 3 aliphatic carbocycles. The number of imidazole rings is 1. The molecule has 3 fully saturated rings. The third-order valence-electron chi connectivity index (χ3n) is 10.1. The van der Waals surface area contributed by atoms with Crippen LogP contribution in [0, 0.1) is 34.5 Å². The summed E-state index contributed by atoms with van der Waals surface area (Å²) in [7, 11) is 0. The number of pyridine rings is 1. The second-order valence-corrected chi connectivity index (χ2v) is 11.6. The lowest BCUT2D eigenvalue weighted by Gasteiger charge is -2.59. The quantitative estimate of drug-likeness (QED) is 0.621. The molecule has 3 heterocycles. The zero-order valence-electron chi connectivity index (χ0n) is 20.4. The molecule has 0 unspecified atom stereocenters. The number of halogens is 1. The van der Waals surface area contributed by atoms with Crippen molar-refractivity contribution in [2.75, 3.05) is 6.67 Å². The molecular weight excluding hydrogens is 445 g/mol. The van der Waals surface area contributed by atoms with Crippen molar-refractivity contribution in [3.63, 3.8) is 0 Å². The lowest BCUT2D eigenvalue weighted by Crippen LogP contribution is -2.60. The number of aromatic amines is 1. The Morgan fingerprint density at radius 2 is 2.06 bits per heavy atom. The van der Waals surface area contributed by atoms with Gasteiger partial charge in [0.2, 0.25) is 11.8 Å². The summed E-state index contributed by atoms with van der Waals surface area (Å²) in [5.74, 6) is 1.97. The molecule has 6 rings (SSSR count). The van der Waals surface area contributed by atoms with Gasteiger partial charge in [-0.25, -0.2) is 14.4 Å². The van der Waals surface area contributed by atoms with Crippen LogP contribution in [-0.2, 0) is 16.1 Å². The molecule has 0 spiro atoms. The number of fused-ring (bicyclic) bond motifs is 6.